The van der Waals surface area contributed by atoms with Crippen LogP contribution < -0.4 is 15.5 Å². The van der Waals surface area contributed by atoms with E-state index in [1.165, 1.54) is 18.6 Å². The molecule has 0 bridgehead atoms. The van der Waals surface area contributed by atoms with E-state index in [1.807, 2.05) is 6.07 Å². The summed E-state index contributed by atoms with van der Waals surface area (Å²) in [7, 11) is 0. The van der Waals surface area contributed by atoms with E-state index in [4.69, 9.17) is 9.15 Å². The largest absolute Gasteiger partial charge is 0.472 e. The number of anilines is 2. The van der Waals surface area contributed by atoms with E-state index >= 15 is 0 Å². The summed E-state index contributed by atoms with van der Waals surface area (Å²) in [6.45, 7) is 4.66. The summed E-state index contributed by atoms with van der Waals surface area (Å²) in [6.07, 6.45) is 4.45. The number of rotatable bonds is 5. The molecule has 0 unspecified atom stereocenters. The van der Waals surface area contributed by atoms with E-state index in [1.54, 1.807) is 19.2 Å². The summed E-state index contributed by atoms with van der Waals surface area (Å²) in [5, 5.41) is 5.30. The van der Waals surface area contributed by atoms with Gasteiger partial charge in [0.15, 0.2) is 0 Å². The predicted molar refractivity (Wildman–Crippen MR) is 91.5 cm³/mol. The number of amides is 2. The second-order valence-electron chi connectivity index (χ2n) is 5.70. The minimum Gasteiger partial charge on any atom is -0.472 e. The molecule has 2 aromatic rings. The summed E-state index contributed by atoms with van der Waals surface area (Å²) in [4.78, 5) is 30.5. The number of nitrogens with one attached hydrogen (secondary N) is 2. The van der Waals surface area contributed by atoms with Gasteiger partial charge in [-0.05, 0) is 25.1 Å². The smallest absolute Gasteiger partial charge is 0.255 e. The molecule has 25 heavy (non-hydrogen) atoms. The molecule has 3 heterocycles. The third-order valence-electron chi connectivity index (χ3n) is 3.90. The normalized spacial score (nSPS) is 15.5. The number of carbonyl (C=O) groups is 2. The maximum Gasteiger partial charge on any atom is 0.255 e. The lowest BCUT2D eigenvalue weighted by atomic mass is 10.2. The predicted octanol–water partition coefficient (Wildman–Crippen LogP) is 1.27. The zero-order chi connectivity index (χ0) is 17.6. The molecule has 0 radical (unpaired) electrons. The summed E-state index contributed by atoms with van der Waals surface area (Å²) < 4.78 is 10.2. The van der Waals surface area contributed by atoms with Crippen LogP contribution >= 0.6 is 0 Å². The van der Waals surface area contributed by atoms with Gasteiger partial charge in [-0.1, -0.05) is 0 Å². The summed E-state index contributed by atoms with van der Waals surface area (Å²) in [5.74, 6) is -0.276. The third kappa shape index (κ3) is 4.36. The summed E-state index contributed by atoms with van der Waals surface area (Å²) in [6, 6.07) is 4.48. The molecular formula is C17H20N4O4. The first kappa shape index (κ1) is 17.0. The van der Waals surface area contributed by atoms with Crippen LogP contribution in [0.15, 0.2) is 41.3 Å². The monoisotopic (exact) mass is 344 g/mol. The van der Waals surface area contributed by atoms with Crippen molar-refractivity contribution >= 4 is 23.3 Å². The SMILES string of the molecule is C[C@@H](NC(=O)c1ccoc1)C(=O)Nc1ccc(N2CCOCC2)cn1. The minimum atomic E-state index is -0.705. The van der Waals surface area contributed by atoms with Crippen molar-refractivity contribution in [2.45, 2.75) is 13.0 Å². The molecule has 1 aliphatic heterocycles. The van der Waals surface area contributed by atoms with Gasteiger partial charge in [-0.3, -0.25) is 9.59 Å². The topological polar surface area (TPSA) is 96.7 Å². The highest BCUT2D eigenvalue weighted by atomic mass is 16.5. The van der Waals surface area contributed by atoms with Gasteiger partial charge >= 0.3 is 0 Å². The maximum absolute atomic E-state index is 12.2. The molecule has 0 aliphatic carbocycles. The van der Waals surface area contributed by atoms with Crippen LogP contribution in [0, 0.1) is 0 Å². The molecule has 0 aromatic carbocycles. The van der Waals surface area contributed by atoms with Gasteiger partial charge in [-0.25, -0.2) is 4.98 Å². The van der Waals surface area contributed by atoms with E-state index in [9.17, 15) is 9.59 Å². The third-order valence-corrected chi connectivity index (χ3v) is 3.90. The number of carbonyl (C=O) groups excluding carboxylic acids is 2. The van der Waals surface area contributed by atoms with Gasteiger partial charge in [0, 0.05) is 13.1 Å². The Morgan fingerprint density at radius 3 is 2.68 bits per heavy atom. The lowest BCUT2D eigenvalue weighted by molar-refractivity contribution is -0.117. The standard InChI is InChI=1S/C17H20N4O4/c1-12(19-17(23)13-4-7-25-11-13)16(22)20-15-3-2-14(10-18-15)21-5-8-24-9-6-21/h2-4,7,10-12H,5-6,8-9H2,1H3,(H,19,23)(H,18,20,22)/t12-/m1/s1. The number of pyridine rings is 1. The number of hydrogen-bond acceptors (Lipinski definition) is 6. The zero-order valence-corrected chi connectivity index (χ0v) is 13.9. The van der Waals surface area contributed by atoms with Gasteiger partial charge < -0.3 is 24.7 Å². The molecule has 1 saturated heterocycles. The van der Waals surface area contributed by atoms with Crippen molar-refractivity contribution in [3.63, 3.8) is 0 Å². The Bertz CT molecular complexity index is 709. The van der Waals surface area contributed by atoms with Gasteiger partial charge in [0.05, 0.1) is 36.9 Å². The van der Waals surface area contributed by atoms with E-state index < -0.39 is 6.04 Å². The van der Waals surface area contributed by atoms with Crippen LogP contribution in [0.25, 0.3) is 0 Å². The average molecular weight is 344 g/mol. The number of aromatic nitrogens is 1. The molecule has 0 saturated carbocycles. The van der Waals surface area contributed by atoms with Crippen LogP contribution in [-0.2, 0) is 9.53 Å². The highest BCUT2D eigenvalue weighted by Gasteiger charge is 2.18. The first-order valence-electron chi connectivity index (χ1n) is 8.06. The lowest BCUT2D eigenvalue weighted by Gasteiger charge is -2.28. The molecule has 2 aromatic heterocycles. The number of ether oxygens (including phenoxy) is 1. The first-order chi connectivity index (χ1) is 12.1. The molecule has 3 rings (SSSR count). The molecule has 2 amide bonds. The van der Waals surface area contributed by atoms with Gasteiger partial charge in [0.1, 0.15) is 18.1 Å². The van der Waals surface area contributed by atoms with Crippen LogP contribution in [0.2, 0.25) is 0 Å². The van der Waals surface area contributed by atoms with Gasteiger partial charge in [-0.2, -0.15) is 0 Å². The van der Waals surface area contributed by atoms with Crippen molar-refractivity contribution in [3.05, 3.63) is 42.5 Å². The van der Waals surface area contributed by atoms with Crippen molar-refractivity contribution in [3.8, 4) is 0 Å². The van der Waals surface area contributed by atoms with Crippen molar-refractivity contribution < 1.29 is 18.7 Å². The molecule has 1 aliphatic rings. The number of morpholine rings is 1. The Balaban J connectivity index is 1.54. The maximum atomic E-state index is 12.2. The number of hydrogen-bond donors (Lipinski definition) is 2. The van der Waals surface area contributed by atoms with E-state index in [-0.39, 0.29) is 11.8 Å². The Morgan fingerprint density at radius 1 is 1.24 bits per heavy atom. The van der Waals surface area contributed by atoms with Crippen molar-refractivity contribution in [1.82, 2.24) is 10.3 Å². The van der Waals surface area contributed by atoms with Crippen molar-refractivity contribution in [2.75, 3.05) is 36.5 Å². The minimum absolute atomic E-state index is 0.344. The highest BCUT2D eigenvalue weighted by molar-refractivity contribution is 6.00. The highest BCUT2D eigenvalue weighted by Crippen LogP contribution is 2.16. The van der Waals surface area contributed by atoms with E-state index in [2.05, 4.69) is 20.5 Å². The van der Waals surface area contributed by atoms with Crippen LogP contribution in [0.3, 0.4) is 0 Å². The molecule has 1 atom stereocenters. The molecule has 8 nitrogen and oxygen atoms in total. The van der Waals surface area contributed by atoms with Crippen LogP contribution in [0.4, 0.5) is 11.5 Å². The van der Waals surface area contributed by atoms with E-state index in [0.717, 1.165) is 18.8 Å². The first-order valence-corrected chi connectivity index (χ1v) is 8.06. The van der Waals surface area contributed by atoms with Crippen LogP contribution in [-0.4, -0.2) is 49.1 Å². The fourth-order valence-electron chi connectivity index (χ4n) is 2.44. The Morgan fingerprint density at radius 2 is 2.04 bits per heavy atom. The van der Waals surface area contributed by atoms with Crippen LogP contribution in [0.5, 0.6) is 0 Å². The molecule has 0 spiro atoms. The van der Waals surface area contributed by atoms with E-state index in [0.29, 0.717) is 24.6 Å². The Labute approximate surface area is 145 Å². The zero-order valence-electron chi connectivity index (χ0n) is 13.9. The second kappa shape index (κ2) is 7.80. The molecule has 1 fully saturated rings. The van der Waals surface area contributed by atoms with Crippen molar-refractivity contribution in [1.29, 1.82) is 0 Å². The van der Waals surface area contributed by atoms with Gasteiger partial charge in [0.25, 0.3) is 5.91 Å². The van der Waals surface area contributed by atoms with Gasteiger partial charge in [0.2, 0.25) is 5.91 Å². The Kier molecular flexibility index (Phi) is 5.30. The Hall–Kier alpha value is -2.87. The number of nitrogens with zero attached hydrogens (tertiary/aromatic N) is 2. The number of furan rings is 1. The van der Waals surface area contributed by atoms with Gasteiger partial charge in [-0.15, -0.1) is 0 Å². The fourth-order valence-corrected chi connectivity index (χ4v) is 2.44. The molecule has 2 N–H and O–H groups in total. The quantitative estimate of drug-likeness (QED) is 0.848. The summed E-state index contributed by atoms with van der Waals surface area (Å²) in [5.41, 5.74) is 1.36. The lowest BCUT2D eigenvalue weighted by Crippen LogP contribution is -2.41. The van der Waals surface area contributed by atoms with Crippen molar-refractivity contribution in [2.24, 2.45) is 0 Å². The summed E-state index contributed by atoms with van der Waals surface area (Å²) >= 11 is 0. The molecular weight excluding hydrogens is 324 g/mol. The van der Waals surface area contributed by atoms with Crippen LogP contribution in [0.1, 0.15) is 17.3 Å². The molecule has 8 heteroatoms. The molecule has 132 valence electrons. The average Bonchev–Trinajstić information content (AvgIpc) is 3.18. The fraction of sp³-hybridized carbons (Fsp3) is 0.353. The second-order valence-corrected chi connectivity index (χ2v) is 5.70.